The fraction of sp³-hybridized carbons (Fsp3) is 0.556. The summed E-state index contributed by atoms with van der Waals surface area (Å²) in [5.41, 5.74) is 0.599. The van der Waals surface area contributed by atoms with E-state index in [4.69, 9.17) is 14.2 Å². The number of carbonyl (C=O) groups is 2. The van der Waals surface area contributed by atoms with Gasteiger partial charge in [-0.3, -0.25) is 9.69 Å². The fourth-order valence-electron chi connectivity index (χ4n) is 3.30. The van der Waals surface area contributed by atoms with Gasteiger partial charge in [-0.2, -0.15) is 0 Å². The summed E-state index contributed by atoms with van der Waals surface area (Å²) in [7, 11) is 1.65. The predicted molar refractivity (Wildman–Crippen MR) is 90.5 cm³/mol. The Morgan fingerprint density at radius 3 is 2.76 bits per heavy atom. The lowest BCUT2D eigenvalue weighted by atomic mass is 9.92. The maximum absolute atomic E-state index is 12.1. The number of cyclic esters (lactones) is 1. The molecule has 3 rings (SSSR count). The first-order valence-electron chi connectivity index (χ1n) is 8.57. The first-order valence-corrected chi connectivity index (χ1v) is 8.57. The minimum Gasteiger partial charge on any atom is -0.496 e. The van der Waals surface area contributed by atoms with Crippen LogP contribution in [0.4, 0.5) is 4.79 Å². The Bertz CT molecular complexity index is 626. The van der Waals surface area contributed by atoms with Crippen LogP contribution in [0.2, 0.25) is 0 Å². The Hall–Kier alpha value is -2.28. The molecule has 0 unspecified atom stereocenters. The lowest BCUT2D eigenvalue weighted by Gasteiger charge is -2.35. The molecule has 0 aliphatic carbocycles. The van der Waals surface area contributed by atoms with E-state index < -0.39 is 11.8 Å². The van der Waals surface area contributed by atoms with Gasteiger partial charge in [0.05, 0.1) is 13.7 Å². The van der Waals surface area contributed by atoms with Crippen molar-refractivity contribution in [1.82, 2.24) is 10.2 Å². The number of hydrogen-bond acceptors (Lipinski definition) is 6. The Morgan fingerprint density at radius 2 is 2.08 bits per heavy atom. The molecule has 7 nitrogen and oxygen atoms in total. The summed E-state index contributed by atoms with van der Waals surface area (Å²) >= 11 is 0. The molecule has 1 N–H and O–H groups in total. The second-order valence-electron chi connectivity index (χ2n) is 6.51. The third kappa shape index (κ3) is 4.42. The number of para-hydroxylation sites is 1. The number of methoxy groups -OCH3 is 1. The highest BCUT2D eigenvalue weighted by molar-refractivity contribution is 5.78. The summed E-state index contributed by atoms with van der Waals surface area (Å²) in [5.74, 6) is 0.844. The Labute approximate surface area is 147 Å². The molecule has 2 aliphatic heterocycles. The van der Waals surface area contributed by atoms with Crippen LogP contribution in [0.5, 0.6) is 5.75 Å². The van der Waals surface area contributed by atoms with Gasteiger partial charge in [-0.25, -0.2) is 4.79 Å². The number of nitrogens with zero attached hydrogens (tertiary/aromatic N) is 1. The zero-order valence-electron chi connectivity index (χ0n) is 14.5. The molecule has 0 atom stereocenters. The van der Waals surface area contributed by atoms with Crippen LogP contribution in [0.15, 0.2) is 24.3 Å². The largest absolute Gasteiger partial charge is 0.509 e. The molecule has 136 valence electrons. The van der Waals surface area contributed by atoms with Crippen molar-refractivity contribution in [2.75, 3.05) is 39.9 Å². The van der Waals surface area contributed by atoms with Crippen LogP contribution < -0.4 is 10.1 Å². The molecule has 25 heavy (non-hydrogen) atoms. The van der Waals surface area contributed by atoms with Gasteiger partial charge in [0.2, 0.25) is 5.91 Å². The lowest BCUT2D eigenvalue weighted by Crippen LogP contribution is -2.48. The van der Waals surface area contributed by atoms with Gasteiger partial charge in [-0.1, -0.05) is 18.2 Å². The van der Waals surface area contributed by atoms with Crippen LogP contribution in [0.25, 0.3) is 0 Å². The van der Waals surface area contributed by atoms with Gasteiger partial charge in [-0.05, 0) is 18.1 Å². The van der Waals surface area contributed by atoms with Gasteiger partial charge in [0.15, 0.2) is 5.60 Å². The number of ether oxygens (including phenoxy) is 3. The van der Waals surface area contributed by atoms with Crippen LogP contribution in [-0.2, 0) is 20.7 Å². The van der Waals surface area contributed by atoms with Gasteiger partial charge < -0.3 is 19.5 Å². The summed E-state index contributed by atoms with van der Waals surface area (Å²) in [6, 6.07) is 7.81. The Morgan fingerprint density at radius 1 is 1.32 bits per heavy atom. The normalized spacial score (nSPS) is 19.3. The van der Waals surface area contributed by atoms with Crippen molar-refractivity contribution in [2.24, 2.45) is 0 Å². The summed E-state index contributed by atoms with van der Waals surface area (Å²) in [6.07, 6.45) is 1.55. The molecular formula is C18H24N2O5. The van der Waals surface area contributed by atoms with Gasteiger partial charge in [0, 0.05) is 32.5 Å². The summed E-state index contributed by atoms with van der Waals surface area (Å²) in [5, 5.41) is 2.95. The molecule has 0 radical (unpaired) electrons. The average Bonchev–Trinajstić information content (AvgIpc) is 2.98. The SMILES string of the molecule is COc1ccccc1CCNC(=O)CN1CCC2(CC1)COC(=O)O2. The fourth-order valence-corrected chi connectivity index (χ4v) is 3.30. The molecule has 0 saturated carbocycles. The van der Waals surface area contributed by atoms with E-state index in [0.29, 0.717) is 32.5 Å². The molecular weight excluding hydrogens is 324 g/mol. The molecule has 2 heterocycles. The van der Waals surface area contributed by atoms with Crippen LogP contribution in [-0.4, -0.2) is 62.5 Å². The molecule has 2 aliphatic rings. The molecule has 7 heteroatoms. The monoisotopic (exact) mass is 348 g/mol. The Balaban J connectivity index is 1.38. The van der Waals surface area contributed by atoms with Crippen LogP contribution in [0.3, 0.4) is 0 Å². The summed E-state index contributed by atoms with van der Waals surface area (Å²) < 4.78 is 15.5. The van der Waals surface area contributed by atoms with Gasteiger partial charge >= 0.3 is 6.16 Å². The van der Waals surface area contributed by atoms with Gasteiger partial charge in [0.1, 0.15) is 12.4 Å². The first kappa shape index (κ1) is 17.5. The number of benzene rings is 1. The number of likely N-dealkylation sites (tertiary alicyclic amines) is 1. The molecule has 1 aromatic carbocycles. The molecule has 2 fully saturated rings. The number of hydrogen-bond donors (Lipinski definition) is 1. The minimum atomic E-state index is -0.581. The van der Waals surface area contributed by atoms with Crippen molar-refractivity contribution in [3.63, 3.8) is 0 Å². The average molecular weight is 348 g/mol. The number of rotatable bonds is 6. The Kier molecular flexibility index (Phi) is 5.43. The number of piperidine rings is 1. The van der Waals surface area contributed by atoms with E-state index in [-0.39, 0.29) is 5.91 Å². The smallest absolute Gasteiger partial charge is 0.496 e. The van der Waals surface area contributed by atoms with E-state index in [9.17, 15) is 9.59 Å². The standard InChI is InChI=1S/C18H24N2O5/c1-23-15-5-3-2-4-14(15)6-9-19-16(21)12-20-10-7-18(8-11-20)13-24-17(22)25-18/h2-5H,6-13H2,1H3,(H,19,21). The lowest BCUT2D eigenvalue weighted by molar-refractivity contribution is -0.123. The van der Waals surface area contributed by atoms with Crippen molar-refractivity contribution in [1.29, 1.82) is 0 Å². The zero-order valence-corrected chi connectivity index (χ0v) is 14.5. The van der Waals surface area contributed by atoms with Gasteiger partial charge in [0.25, 0.3) is 0 Å². The second-order valence-corrected chi connectivity index (χ2v) is 6.51. The van der Waals surface area contributed by atoms with Crippen LogP contribution in [0, 0.1) is 0 Å². The third-order valence-corrected chi connectivity index (χ3v) is 4.80. The van der Waals surface area contributed by atoms with Crippen molar-refractivity contribution in [3.8, 4) is 5.75 Å². The summed E-state index contributed by atoms with van der Waals surface area (Å²) in [6.45, 7) is 2.69. The van der Waals surface area contributed by atoms with E-state index in [1.807, 2.05) is 24.3 Å². The van der Waals surface area contributed by atoms with Crippen LogP contribution in [0.1, 0.15) is 18.4 Å². The molecule has 1 amide bonds. The number of carbonyl (C=O) groups excluding carboxylic acids is 2. The van der Waals surface area contributed by atoms with E-state index in [2.05, 4.69) is 10.2 Å². The van der Waals surface area contributed by atoms with E-state index in [1.54, 1.807) is 7.11 Å². The third-order valence-electron chi connectivity index (χ3n) is 4.80. The van der Waals surface area contributed by atoms with Gasteiger partial charge in [-0.15, -0.1) is 0 Å². The van der Waals surface area contributed by atoms with E-state index in [0.717, 1.165) is 30.8 Å². The van der Waals surface area contributed by atoms with Crippen molar-refractivity contribution in [2.45, 2.75) is 24.9 Å². The van der Waals surface area contributed by atoms with E-state index >= 15 is 0 Å². The maximum Gasteiger partial charge on any atom is 0.509 e. The maximum atomic E-state index is 12.1. The highest BCUT2D eigenvalue weighted by atomic mass is 16.8. The topological polar surface area (TPSA) is 77.1 Å². The minimum absolute atomic E-state index is 0.00511. The molecule has 1 aromatic rings. The van der Waals surface area contributed by atoms with Crippen molar-refractivity contribution >= 4 is 12.1 Å². The number of nitrogens with one attached hydrogen (secondary N) is 1. The molecule has 2 saturated heterocycles. The molecule has 1 spiro atoms. The highest BCUT2D eigenvalue weighted by Gasteiger charge is 2.44. The van der Waals surface area contributed by atoms with Crippen molar-refractivity contribution in [3.05, 3.63) is 29.8 Å². The highest BCUT2D eigenvalue weighted by Crippen LogP contribution is 2.31. The van der Waals surface area contributed by atoms with Crippen LogP contribution >= 0.6 is 0 Å². The first-order chi connectivity index (χ1) is 12.1. The van der Waals surface area contributed by atoms with Crippen molar-refractivity contribution < 1.29 is 23.8 Å². The molecule has 0 bridgehead atoms. The number of amides is 1. The van der Waals surface area contributed by atoms with E-state index in [1.165, 1.54) is 0 Å². The zero-order chi connectivity index (χ0) is 17.7. The quantitative estimate of drug-likeness (QED) is 0.782. The summed E-state index contributed by atoms with van der Waals surface area (Å²) in [4.78, 5) is 25.3. The second kappa shape index (κ2) is 7.74. The molecule has 0 aromatic heterocycles. The predicted octanol–water partition coefficient (Wildman–Crippen LogP) is 1.36.